The van der Waals surface area contributed by atoms with Crippen LogP contribution in [0.4, 0.5) is 34.1 Å². The van der Waals surface area contributed by atoms with Crippen LogP contribution in [-0.4, -0.2) is 0 Å². The van der Waals surface area contributed by atoms with Gasteiger partial charge < -0.3 is 9.80 Å². The molecule has 3 heteroatoms. The largest absolute Gasteiger partial charge is 0.310 e. The molecule has 0 amide bonds. The van der Waals surface area contributed by atoms with E-state index < -0.39 is 5.41 Å². The van der Waals surface area contributed by atoms with Crippen LogP contribution in [0.5, 0.6) is 0 Å². The van der Waals surface area contributed by atoms with Crippen molar-refractivity contribution in [2.75, 3.05) is 9.80 Å². The molecule has 0 fully saturated rings. The van der Waals surface area contributed by atoms with Gasteiger partial charge in [0.25, 0.3) is 0 Å². The predicted molar refractivity (Wildman–Crippen MR) is 235 cm³/mol. The lowest BCUT2D eigenvalue weighted by Gasteiger charge is -2.42. The van der Waals surface area contributed by atoms with Crippen LogP contribution in [-0.2, 0) is 5.41 Å². The molecule has 1 atom stereocenters. The highest BCUT2D eigenvalue weighted by molar-refractivity contribution is 7.99. The van der Waals surface area contributed by atoms with E-state index in [1.165, 1.54) is 59.6 Å². The van der Waals surface area contributed by atoms with Crippen molar-refractivity contribution < 1.29 is 0 Å². The molecule has 0 bridgehead atoms. The average molecular weight is 733 g/mol. The van der Waals surface area contributed by atoms with Crippen LogP contribution >= 0.6 is 11.8 Å². The fourth-order valence-corrected chi connectivity index (χ4v) is 10.5. The second-order valence-electron chi connectivity index (χ2n) is 14.5. The molecular weight excluding hydrogens is 697 g/mol. The lowest BCUT2D eigenvalue weighted by atomic mass is 9.67. The summed E-state index contributed by atoms with van der Waals surface area (Å²) in [6.07, 6.45) is 0. The molecule has 0 N–H and O–H groups in total. The minimum Gasteiger partial charge on any atom is -0.310 e. The fourth-order valence-electron chi connectivity index (χ4n) is 9.19. The van der Waals surface area contributed by atoms with Gasteiger partial charge in [-0.3, -0.25) is 0 Å². The van der Waals surface area contributed by atoms with Gasteiger partial charge in [0, 0.05) is 38.1 Å². The molecule has 1 unspecified atom stereocenters. The predicted octanol–water partition coefficient (Wildman–Crippen LogP) is 14.6. The van der Waals surface area contributed by atoms with Gasteiger partial charge >= 0.3 is 0 Å². The molecular formula is C53H36N2S. The molecule has 264 valence electrons. The molecule has 2 nitrogen and oxygen atoms in total. The van der Waals surface area contributed by atoms with Crippen LogP contribution in [0.15, 0.2) is 228 Å². The van der Waals surface area contributed by atoms with Gasteiger partial charge in [0.15, 0.2) is 0 Å². The number of hydrogen-bond donors (Lipinski definition) is 0. The van der Waals surface area contributed by atoms with E-state index in [0.29, 0.717) is 0 Å². The summed E-state index contributed by atoms with van der Waals surface area (Å²) in [5.41, 5.74) is 14.0. The fraction of sp³-hybridized carbons (Fsp3) is 0.0189. The van der Waals surface area contributed by atoms with Gasteiger partial charge in [-0.25, -0.2) is 0 Å². The molecule has 1 spiro atoms. The molecule has 56 heavy (non-hydrogen) atoms. The van der Waals surface area contributed by atoms with Crippen molar-refractivity contribution >= 4 is 56.7 Å². The van der Waals surface area contributed by atoms with E-state index in [-0.39, 0.29) is 0 Å². The summed E-state index contributed by atoms with van der Waals surface area (Å²) in [6, 6.07) is 79.9. The summed E-state index contributed by atoms with van der Waals surface area (Å²) in [5.74, 6) is 0. The maximum Gasteiger partial charge on any atom is 0.0737 e. The van der Waals surface area contributed by atoms with Crippen molar-refractivity contribution in [2.24, 2.45) is 0 Å². The zero-order chi connectivity index (χ0) is 37.1. The Morgan fingerprint density at radius 3 is 1.38 bits per heavy atom. The van der Waals surface area contributed by atoms with Crippen molar-refractivity contribution in [3.63, 3.8) is 0 Å². The van der Waals surface area contributed by atoms with Gasteiger partial charge in [0.05, 0.1) is 16.8 Å². The molecule has 0 aromatic heterocycles. The number of anilines is 6. The van der Waals surface area contributed by atoms with E-state index in [1.807, 2.05) is 11.8 Å². The minimum atomic E-state index is -0.587. The highest BCUT2D eigenvalue weighted by Crippen LogP contribution is 2.66. The zero-order valence-corrected chi connectivity index (χ0v) is 31.4. The summed E-state index contributed by atoms with van der Waals surface area (Å²) >= 11 is 1.90. The second-order valence-corrected chi connectivity index (χ2v) is 15.5. The number of benzene rings is 9. The molecule has 0 saturated carbocycles. The Kier molecular flexibility index (Phi) is 7.68. The third kappa shape index (κ3) is 4.91. The van der Waals surface area contributed by atoms with Gasteiger partial charge in [0.2, 0.25) is 0 Å². The maximum absolute atomic E-state index is 2.48. The van der Waals surface area contributed by atoms with Crippen LogP contribution in [0.2, 0.25) is 0 Å². The summed E-state index contributed by atoms with van der Waals surface area (Å²) in [4.78, 5) is 7.40. The number of fused-ring (bicyclic) bond motifs is 10. The van der Waals surface area contributed by atoms with Gasteiger partial charge in [-0.2, -0.15) is 0 Å². The van der Waals surface area contributed by atoms with Gasteiger partial charge in [-0.05, 0) is 111 Å². The van der Waals surface area contributed by atoms with E-state index in [0.717, 1.165) is 28.4 Å². The SMILES string of the molecule is c1ccc(N(c2ccccc2)c2cccc3c2Sc2cc4ccccc4cc2C32c3ccccc3-c3c(N(c4ccccc4)c4ccccc4)cccc32)cc1. The van der Waals surface area contributed by atoms with Crippen molar-refractivity contribution in [2.45, 2.75) is 15.2 Å². The van der Waals surface area contributed by atoms with Crippen LogP contribution in [0, 0.1) is 0 Å². The Morgan fingerprint density at radius 1 is 0.339 bits per heavy atom. The van der Waals surface area contributed by atoms with Crippen molar-refractivity contribution in [1.29, 1.82) is 0 Å². The van der Waals surface area contributed by atoms with Crippen molar-refractivity contribution in [3.05, 3.63) is 241 Å². The summed E-state index contributed by atoms with van der Waals surface area (Å²) < 4.78 is 0. The molecule has 1 heterocycles. The average Bonchev–Trinajstić information content (AvgIpc) is 3.56. The first kappa shape index (κ1) is 32.6. The molecule has 9 aromatic carbocycles. The van der Waals surface area contributed by atoms with E-state index in [4.69, 9.17) is 0 Å². The standard InChI is InChI=1S/C53H36N2S/c1-5-21-39(22-6-1)54(40-23-7-2-8-24-40)48-33-17-31-45-51(48)43-29-15-16-30-44(43)53(45)46-32-18-34-49(55(41-25-9-3-10-26-41)42-27-11-4-12-28-42)52(46)56-50-36-38-20-14-13-19-37(38)35-47(50)53/h1-36H. The van der Waals surface area contributed by atoms with Crippen LogP contribution < -0.4 is 9.80 Å². The highest BCUT2D eigenvalue weighted by Gasteiger charge is 2.52. The van der Waals surface area contributed by atoms with Crippen LogP contribution in [0.3, 0.4) is 0 Å². The second kappa shape index (κ2) is 13.2. The monoisotopic (exact) mass is 732 g/mol. The number of para-hydroxylation sites is 4. The number of nitrogens with zero attached hydrogens (tertiary/aromatic N) is 2. The maximum atomic E-state index is 2.48. The first-order chi connectivity index (χ1) is 27.8. The first-order valence-corrected chi connectivity index (χ1v) is 20.0. The molecule has 11 rings (SSSR count). The van der Waals surface area contributed by atoms with Crippen LogP contribution in [0.25, 0.3) is 21.9 Å². The lowest BCUT2D eigenvalue weighted by molar-refractivity contribution is 0.724. The minimum absolute atomic E-state index is 0.587. The Hall–Kier alpha value is -6.81. The van der Waals surface area contributed by atoms with Gasteiger partial charge in [0.1, 0.15) is 0 Å². The van der Waals surface area contributed by atoms with Crippen LogP contribution in [0.1, 0.15) is 22.3 Å². The smallest absolute Gasteiger partial charge is 0.0737 e. The number of hydrogen-bond acceptors (Lipinski definition) is 3. The Labute approximate surface area is 332 Å². The molecule has 9 aromatic rings. The molecule has 2 aliphatic rings. The summed E-state index contributed by atoms with van der Waals surface area (Å²) in [5, 5.41) is 2.50. The highest BCUT2D eigenvalue weighted by atomic mass is 32.2. The zero-order valence-electron chi connectivity index (χ0n) is 30.6. The quantitative estimate of drug-likeness (QED) is 0.168. The first-order valence-electron chi connectivity index (χ1n) is 19.2. The van der Waals surface area contributed by atoms with Crippen molar-refractivity contribution in [1.82, 2.24) is 0 Å². The van der Waals surface area contributed by atoms with E-state index in [1.54, 1.807) is 0 Å². The third-order valence-electron chi connectivity index (χ3n) is 11.4. The molecule has 1 aliphatic heterocycles. The van der Waals surface area contributed by atoms with E-state index >= 15 is 0 Å². The van der Waals surface area contributed by atoms with E-state index in [9.17, 15) is 0 Å². The third-order valence-corrected chi connectivity index (χ3v) is 12.6. The van der Waals surface area contributed by atoms with Gasteiger partial charge in [-0.15, -0.1) is 0 Å². The molecule has 1 aliphatic carbocycles. The number of rotatable bonds is 6. The Bertz CT molecular complexity index is 2810. The van der Waals surface area contributed by atoms with Gasteiger partial charge in [-0.1, -0.05) is 157 Å². The summed E-state index contributed by atoms with van der Waals surface area (Å²) in [7, 11) is 0. The topological polar surface area (TPSA) is 6.48 Å². The normalized spacial score (nSPS) is 14.8. The summed E-state index contributed by atoms with van der Waals surface area (Å²) in [6.45, 7) is 0. The lowest BCUT2D eigenvalue weighted by Crippen LogP contribution is -2.32. The molecule has 0 saturated heterocycles. The Balaban J connectivity index is 1.26. The van der Waals surface area contributed by atoms with E-state index in [2.05, 4.69) is 228 Å². The Morgan fingerprint density at radius 2 is 0.786 bits per heavy atom. The molecule has 0 radical (unpaired) electrons. The van der Waals surface area contributed by atoms with Crippen molar-refractivity contribution in [3.8, 4) is 11.1 Å².